The lowest BCUT2D eigenvalue weighted by atomic mass is 10.2. The summed E-state index contributed by atoms with van der Waals surface area (Å²) in [5, 5.41) is 8.67. The van der Waals surface area contributed by atoms with Crippen LogP contribution in [0.5, 0.6) is 0 Å². The van der Waals surface area contributed by atoms with Crippen molar-refractivity contribution < 1.29 is 0 Å². The Hall–Kier alpha value is -1.53. The van der Waals surface area contributed by atoms with Crippen molar-refractivity contribution in [2.75, 3.05) is 31.6 Å². The second-order valence-corrected chi connectivity index (χ2v) is 4.30. The zero-order valence-corrected chi connectivity index (χ0v) is 9.63. The van der Waals surface area contributed by atoms with Crippen LogP contribution >= 0.6 is 0 Å². The molecule has 3 heteroatoms. The smallest absolute Gasteiger partial charge is 0.0866 e. The van der Waals surface area contributed by atoms with Gasteiger partial charge in [-0.05, 0) is 25.6 Å². The second-order valence-electron chi connectivity index (χ2n) is 4.30. The van der Waals surface area contributed by atoms with E-state index < -0.39 is 0 Å². The minimum Gasteiger partial charge on any atom is -0.370 e. The summed E-state index contributed by atoms with van der Waals surface area (Å²) in [7, 11) is 2.03. The van der Waals surface area contributed by atoms with Crippen molar-refractivity contribution in [2.24, 2.45) is 0 Å². The van der Waals surface area contributed by atoms with E-state index in [1.165, 1.54) is 5.69 Å². The van der Waals surface area contributed by atoms with E-state index in [1.54, 1.807) is 0 Å². The molecule has 1 saturated heterocycles. The van der Waals surface area contributed by atoms with Crippen molar-refractivity contribution in [3.05, 3.63) is 30.3 Å². The number of likely N-dealkylation sites (N-methyl/N-ethyl adjacent to an activating group) is 1. The maximum absolute atomic E-state index is 8.67. The van der Waals surface area contributed by atoms with E-state index in [4.69, 9.17) is 5.26 Å². The van der Waals surface area contributed by atoms with Gasteiger partial charge in [-0.2, -0.15) is 5.26 Å². The van der Waals surface area contributed by atoms with Gasteiger partial charge >= 0.3 is 0 Å². The maximum Gasteiger partial charge on any atom is 0.0866 e. The minimum absolute atomic E-state index is 0.514. The molecule has 0 aromatic heterocycles. The Bertz CT molecular complexity index is 369. The molecule has 1 aliphatic rings. The summed E-state index contributed by atoms with van der Waals surface area (Å²) in [5.41, 5.74) is 1.29. The number of hydrogen-bond donors (Lipinski definition) is 0. The van der Waals surface area contributed by atoms with Crippen LogP contribution in [-0.4, -0.2) is 37.6 Å². The van der Waals surface area contributed by atoms with Crippen LogP contribution in [0.4, 0.5) is 5.69 Å². The summed E-state index contributed by atoms with van der Waals surface area (Å²) in [6.45, 7) is 2.64. The first-order valence-electron chi connectivity index (χ1n) is 5.68. The fourth-order valence-corrected chi connectivity index (χ4v) is 2.22. The summed E-state index contributed by atoms with van der Waals surface area (Å²) in [6, 6.07) is 13.2. The van der Waals surface area contributed by atoms with Gasteiger partial charge in [0, 0.05) is 24.8 Å². The van der Waals surface area contributed by atoms with Crippen molar-refractivity contribution in [1.29, 1.82) is 5.26 Å². The molecule has 1 aromatic carbocycles. The monoisotopic (exact) mass is 215 g/mol. The highest BCUT2D eigenvalue weighted by Crippen LogP contribution is 2.21. The molecule has 84 valence electrons. The molecular weight excluding hydrogens is 198 g/mol. The van der Waals surface area contributed by atoms with Gasteiger partial charge in [0.1, 0.15) is 0 Å². The van der Waals surface area contributed by atoms with E-state index in [-0.39, 0.29) is 0 Å². The zero-order valence-electron chi connectivity index (χ0n) is 9.63. The maximum atomic E-state index is 8.67. The molecule has 0 amide bonds. The average molecular weight is 215 g/mol. The summed E-state index contributed by atoms with van der Waals surface area (Å²) < 4.78 is 0. The quantitative estimate of drug-likeness (QED) is 0.719. The lowest BCUT2D eigenvalue weighted by molar-refractivity contribution is 0.289. The number of anilines is 1. The Labute approximate surface area is 96.9 Å². The van der Waals surface area contributed by atoms with E-state index in [0.717, 1.165) is 19.5 Å². The van der Waals surface area contributed by atoms with Crippen LogP contribution in [0.2, 0.25) is 0 Å². The number of para-hydroxylation sites is 1. The molecule has 1 atom stereocenters. The Kier molecular flexibility index (Phi) is 3.43. The summed E-state index contributed by atoms with van der Waals surface area (Å²) in [6.07, 6.45) is 1.15. The summed E-state index contributed by atoms with van der Waals surface area (Å²) >= 11 is 0. The molecule has 1 heterocycles. The van der Waals surface area contributed by atoms with Crippen LogP contribution in [0.3, 0.4) is 0 Å². The van der Waals surface area contributed by atoms with Crippen LogP contribution in [0.25, 0.3) is 0 Å². The first-order valence-corrected chi connectivity index (χ1v) is 5.68. The largest absolute Gasteiger partial charge is 0.370 e. The molecule has 0 bridgehead atoms. The van der Waals surface area contributed by atoms with Gasteiger partial charge in [0.15, 0.2) is 0 Å². The highest BCUT2D eigenvalue weighted by molar-refractivity contribution is 5.47. The first-order chi connectivity index (χ1) is 7.81. The van der Waals surface area contributed by atoms with Gasteiger partial charge < -0.3 is 4.90 Å². The summed E-state index contributed by atoms with van der Waals surface area (Å²) in [5.74, 6) is 0. The topological polar surface area (TPSA) is 30.3 Å². The highest BCUT2D eigenvalue weighted by Gasteiger charge is 2.25. The molecule has 3 nitrogen and oxygen atoms in total. The third-order valence-corrected chi connectivity index (χ3v) is 3.23. The van der Waals surface area contributed by atoms with Crippen LogP contribution in [0.15, 0.2) is 30.3 Å². The summed E-state index contributed by atoms with van der Waals surface area (Å²) in [4.78, 5) is 4.53. The molecule has 0 spiro atoms. The van der Waals surface area contributed by atoms with E-state index >= 15 is 0 Å². The lowest BCUT2D eigenvalue weighted by Crippen LogP contribution is -2.34. The van der Waals surface area contributed by atoms with Gasteiger partial charge in [0.05, 0.1) is 12.6 Å². The van der Waals surface area contributed by atoms with Gasteiger partial charge in [0.25, 0.3) is 0 Å². The third kappa shape index (κ3) is 2.34. The van der Waals surface area contributed by atoms with E-state index in [2.05, 4.69) is 40.1 Å². The fourth-order valence-electron chi connectivity index (χ4n) is 2.22. The van der Waals surface area contributed by atoms with Gasteiger partial charge in [0.2, 0.25) is 0 Å². The third-order valence-electron chi connectivity index (χ3n) is 3.23. The standard InChI is InChI=1S/C13H17N3/c1-15(10-8-14)13-7-9-16(11-13)12-5-3-2-4-6-12/h2-6,13H,7,9-11H2,1H3. The van der Waals surface area contributed by atoms with Crippen molar-refractivity contribution in [2.45, 2.75) is 12.5 Å². The van der Waals surface area contributed by atoms with Gasteiger partial charge in [-0.1, -0.05) is 18.2 Å². The van der Waals surface area contributed by atoms with Crippen LogP contribution in [0, 0.1) is 11.3 Å². The number of nitrogens with zero attached hydrogens (tertiary/aromatic N) is 3. The van der Waals surface area contributed by atoms with Gasteiger partial charge in [-0.25, -0.2) is 0 Å². The first kappa shape index (κ1) is 11.0. The predicted octanol–water partition coefficient (Wildman–Crippen LogP) is 1.72. The molecule has 0 saturated carbocycles. The molecule has 0 aliphatic carbocycles. The molecule has 0 radical (unpaired) electrons. The second kappa shape index (κ2) is 5.00. The fraction of sp³-hybridized carbons (Fsp3) is 0.462. The molecule has 16 heavy (non-hydrogen) atoms. The normalized spacial score (nSPS) is 20.1. The molecule has 1 fully saturated rings. The van der Waals surface area contributed by atoms with Crippen LogP contribution in [0.1, 0.15) is 6.42 Å². The molecular formula is C13H17N3. The Morgan fingerprint density at radius 1 is 1.44 bits per heavy atom. The van der Waals surface area contributed by atoms with Crippen LogP contribution < -0.4 is 4.90 Å². The van der Waals surface area contributed by atoms with Crippen molar-refractivity contribution >= 4 is 5.69 Å². The van der Waals surface area contributed by atoms with E-state index in [1.807, 2.05) is 13.1 Å². The van der Waals surface area contributed by atoms with Crippen molar-refractivity contribution in [3.8, 4) is 6.07 Å². The van der Waals surface area contributed by atoms with Crippen LogP contribution in [-0.2, 0) is 0 Å². The van der Waals surface area contributed by atoms with Gasteiger partial charge in [-0.3, -0.25) is 4.90 Å². The molecule has 0 N–H and O–H groups in total. The minimum atomic E-state index is 0.514. The highest BCUT2D eigenvalue weighted by atomic mass is 15.2. The molecule has 1 unspecified atom stereocenters. The lowest BCUT2D eigenvalue weighted by Gasteiger charge is -2.23. The van der Waals surface area contributed by atoms with E-state index in [9.17, 15) is 0 Å². The average Bonchev–Trinajstić information content (AvgIpc) is 2.80. The van der Waals surface area contributed by atoms with Gasteiger partial charge in [-0.15, -0.1) is 0 Å². The SMILES string of the molecule is CN(CC#N)C1CCN(c2ccccc2)C1. The Morgan fingerprint density at radius 2 is 2.19 bits per heavy atom. The van der Waals surface area contributed by atoms with Crippen molar-refractivity contribution in [3.63, 3.8) is 0 Å². The Morgan fingerprint density at radius 3 is 2.88 bits per heavy atom. The molecule has 1 aromatic rings. The molecule has 1 aliphatic heterocycles. The zero-order chi connectivity index (χ0) is 11.4. The number of nitriles is 1. The Balaban J connectivity index is 1.96. The predicted molar refractivity (Wildman–Crippen MR) is 65.3 cm³/mol. The number of rotatable bonds is 3. The van der Waals surface area contributed by atoms with E-state index in [0.29, 0.717) is 12.6 Å². The van der Waals surface area contributed by atoms with Crippen molar-refractivity contribution in [1.82, 2.24) is 4.90 Å². The number of benzene rings is 1. The molecule has 2 rings (SSSR count). The number of hydrogen-bond acceptors (Lipinski definition) is 3.